The molecule has 1 fully saturated rings. The molecule has 0 aliphatic heterocycles. The van der Waals surface area contributed by atoms with Crippen molar-refractivity contribution >= 4 is 11.9 Å². The van der Waals surface area contributed by atoms with Crippen LogP contribution in [-0.4, -0.2) is 18.5 Å². The first-order chi connectivity index (χ1) is 9.08. The minimum Gasteiger partial charge on any atom is -0.455 e. The van der Waals surface area contributed by atoms with E-state index in [4.69, 9.17) is 4.74 Å². The standard InChI is InChI=1S/C14H16FNO3/c1-9-6-11(9)14(18)19-8-13(17)16-7-10-4-2-3-5-12(10)15/h2-5,9,11H,6-8H2,1H3,(H,16,17)/t9-,11+/m1/s1. The van der Waals surface area contributed by atoms with Gasteiger partial charge in [-0.3, -0.25) is 9.59 Å². The van der Waals surface area contributed by atoms with E-state index in [0.29, 0.717) is 11.5 Å². The first-order valence-electron chi connectivity index (χ1n) is 6.24. The largest absolute Gasteiger partial charge is 0.455 e. The Hall–Kier alpha value is -1.91. The number of nitrogens with one attached hydrogen (secondary N) is 1. The van der Waals surface area contributed by atoms with Crippen LogP contribution in [-0.2, 0) is 20.9 Å². The molecule has 0 unspecified atom stereocenters. The molecule has 0 aromatic heterocycles. The summed E-state index contributed by atoms with van der Waals surface area (Å²) in [4.78, 5) is 22.8. The number of carbonyl (C=O) groups excluding carboxylic acids is 2. The first-order valence-corrected chi connectivity index (χ1v) is 6.24. The predicted octanol–water partition coefficient (Wildman–Crippen LogP) is 1.64. The molecule has 4 nitrogen and oxygen atoms in total. The quantitative estimate of drug-likeness (QED) is 0.823. The normalized spacial score (nSPS) is 20.7. The van der Waals surface area contributed by atoms with Crippen molar-refractivity contribution in [2.45, 2.75) is 19.9 Å². The topological polar surface area (TPSA) is 55.4 Å². The summed E-state index contributed by atoms with van der Waals surface area (Å²) in [6.45, 7) is 1.74. The van der Waals surface area contributed by atoms with E-state index in [2.05, 4.69) is 5.32 Å². The van der Waals surface area contributed by atoms with Gasteiger partial charge in [-0.25, -0.2) is 4.39 Å². The van der Waals surface area contributed by atoms with E-state index in [0.717, 1.165) is 6.42 Å². The van der Waals surface area contributed by atoms with Crippen molar-refractivity contribution in [3.63, 3.8) is 0 Å². The summed E-state index contributed by atoms with van der Waals surface area (Å²) in [6, 6.07) is 6.20. The number of carbonyl (C=O) groups is 2. The van der Waals surface area contributed by atoms with E-state index < -0.39 is 5.91 Å². The molecule has 1 amide bonds. The Morgan fingerprint density at radius 2 is 2.11 bits per heavy atom. The number of halogens is 1. The molecule has 0 radical (unpaired) electrons. The van der Waals surface area contributed by atoms with Gasteiger partial charge in [-0.2, -0.15) is 0 Å². The summed E-state index contributed by atoms with van der Waals surface area (Å²) in [5.74, 6) is -0.821. The Kier molecular flexibility index (Phi) is 4.14. The van der Waals surface area contributed by atoms with Crippen LogP contribution in [0, 0.1) is 17.7 Å². The molecule has 0 spiro atoms. The summed E-state index contributed by atoms with van der Waals surface area (Å²) in [7, 11) is 0. The summed E-state index contributed by atoms with van der Waals surface area (Å²) < 4.78 is 18.1. The Labute approximate surface area is 110 Å². The van der Waals surface area contributed by atoms with Crippen LogP contribution < -0.4 is 5.32 Å². The van der Waals surface area contributed by atoms with Crippen LogP contribution in [0.3, 0.4) is 0 Å². The fraction of sp³-hybridized carbons (Fsp3) is 0.429. The van der Waals surface area contributed by atoms with E-state index in [9.17, 15) is 14.0 Å². The van der Waals surface area contributed by atoms with E-state index >= 15 is 0 Å². The third-order valence-electron chi connectivity index (χ3n) is 3.19. The van der Waals surface area contributed by atoms with Crippen LogP contribution in [0.2, 0.25) is 0 Å². The molecule has 1 aliphatic rings. The zero-order valence-corrected chi connectivity index (χ0v) is 10.7. The molecule has 1 N–H and O–H groups in total. The number of hydrogen-bond donors (Lipinski definition) is 1. The highest BCUT2D eigenvalue weighted by Crippen LogP contribution is 2.38. The number of ether oxygens (including phenoxy) is 1. The second-order valence-corrected chi connectivity index (χ2v) is 4.80. The van der Waals surface area contributed by atoms with Crippen LogP contribution in [0.25, 0.3) is 0 Å². The zero-order chi connectivity index (χ0) is 13.8. The van der Waals surface area contributed by atoms with Gasteiger partial charge in [0.05, 0.1) is 5.92 Å². The monoisotopic (exact) mass is 265 g/mol. The first kappa shape index (κ1) is 13.5. The van der Waals surface area contributed by atoms with E-state index in [1.54, 1.807) is 18.2 Å². The molecular formula is C14H16FNO3. The van der Waals surface area contributed by atoms with E-state index in [1.165, 1.54) is 6.07 Å². The number of rotatable bonds is 5. The Bertz CT molecular complexity index is 489. The highest BCUT2D eigenvalue weighted by molar-refractivity contribution is 5.82. The second-order valence-electron chi connectivity index (χ2n) is 4.80. The van der Waals surface area contributed by atoms with Gasteiger partial charge < -0.3 is 10.1 Å². The summed E-state index contributed by atoms with van der Waals surface area (Å²) >= 11 is 0. The maximum atomic E-state index is 13.3. The van der Waals surface area contributed by atoms with Gasteiger partial charge in [-0.1, -0.05) is 25.1 Å². The number of hydrogen-bond acceptors (Lipinski definition) is 3. The van der Waals surface area contributed by atoms with Crippen LogP contribution in [0.15, 0.2) is 24.3 Å². The fourth-order valence-electron chi connectivity index (χ4n) is 1.78. The van der Waals surface area contributed by atoms with Crippen LogP contribution in [0.4, 0.5) is 4.39 Å². The maximum Gasteiger partial charge on any atom is 0.309 e. The lowest BCUT2D eigenvalue weighted by Gasteiger charge is -2.07. The van der Waals surface area contributed by atoms with Crippen molar-refractivity contribution in [1.29, 1.82) is 0 Å². The van der Waals surface area contributed by atoms with E-state index in [1.807, 2.05) is 6.92 Å². The highest BCUT2D eigenvalue weighted by Gasteiger charge is 2.40. The third-order valence-corrected chi connectivity index (χ3v) is 3.19. The van der Waals surface area contributed by atoms with E-state index in [-0.39, 0.29) is 30.9 Å². The fourth-order valence-corrected chi connectivity index (χ4v) is 1.78. The molecule has 1 aromatic rings. The summed E-state index contributed by atoms with van der Waals surface area (Å²) in [6.07, 6.45) is 0.829. The smallest absolute Gasteiger partial charge is 0.309 e. The van der Waals surface area contributed by atoms with Crippen molar-refractivity contribution < 1.29 is 18.7 Å². The van der Waals surface area contributed by atoms with Crippen LogP contribution >= 0.6 is 0 Å². The molecule has 2 rings (SSSR count). The molecule has 0 saturated heterocycles. The molecule has 0 heterocycles. The molecule has 1 aliphatic carbocycles. The average Bonchev–Trinajstić information content (AvgIpc) is 3.12. The number of esters is 1. The van der Waals surface area contributed by atoms with Crippen molar-refractivity contribution in [3.05, 3.63) is 35.6 Å². The molecule has 102 valence electrons. The van der Waals surface area contributed by atoms with Crippen molar-refractivity contribution in [1.82, 2.24) is 5.32 Å². The SMILES string of the molecule is C[C@@H]1C[C@@H]1C(=O)OCC(=O)NCc1ccccc1F. The van der Waals surface area contributed by atoms with Gasteiger partial charge in [0.15, 0.2) is 6.61 Å². The number of benzene rings is 1. The van der Waals surface area contributed by atoms with Gasteiger partial charge in [-0.05, 0) is 18.4 Å². The molecule has 1 aromatic carbocycles. The van der Waals surface area contributed by atoms with Crippen LogP contribution in [0.1, 0.15) is 18.9 Å². The zero-order valence-electron chi connectivity index (χ0n) is 10.7. The lowest BCUT2D eigenvalue weighted by molar-refractivity contribution is -0.150. The molecule has 0 bridgehead atoms. The van der Waals surface area contributed by atoms with Crippen LogP contribution in [0.5, 0.6) is 0 Å². The Balaban J connectivity index is 1.70. The van der Waals surface area contributed by atoms with Gasteiger partial charge in [0.1, 0.15) is 5.82 Å². The second kappa shape index (κ2) is 5.82. The Morgan fingerprint density at radius 1 is 1.42 bits per heavy atom. The van der Waals surface area contributed by atoms with Gasteiger partial charge in [0, 0.05) is 12.1 Å². The minimum absolute atomic E-state index is 0.0561. The molecule has 1 saturated carbocycles. The van der Waals surface area contributed by atoms with Crippen molar-refractivity contribution in [2.75, 3.05) is 6.61 Å². The summed E-state index contributed by atoms with van der Waals surface area (Å²) in [5, 5.41) is 2.51. The third kappa shape index (κ3) is 3.77. The minimum atomic E-state index is -0.426. The molecule has 5 heteroatoms. The van der Waals surface area contributed by atoms with Gasteiger partial charge in [0.25, 0.3) is 5.91 Å². The van der Waals surface area contributed by atoms with Gasteiger partial charge in [0.2, 0.25) is 0 Å². The predicted molar refractivity (Wildman–Crippen MR) is 66.5 cm³/mol. The molecule has 19 heavy (non-hydrogen) atoms. The average molecular weight is 265 g/mol. The number of amides is 1. The Morgan fingerprint density at radius 3 is 2.74 bits per heavy atom. The van der Waals surface area contributed by atoms with Crippen molar-refractivity contribution in [3.8, 4) is 0 Å². The lowest BCUT2D eigenvalue weighted by atomic mass is 10.2. The lowest BCUT2D eigenvalue weighted by Crippen LogP contribution is -2.29. The van der Waals surface area contributed by atoms with Gasteiger partial charge in [-0.15, -0.1) is 0 Å². The van der Waals surface area contributed by atoms with Crippen molar-refractivity contribution in [2.24, 2.45) is 11.8 Å². The molecular weight excluding hydrogens is 249 g/mol. The summed E-state index contributed by atoms with van der Waals surface area (Å²) in [5.41, 5.74) is 0.401. The molecule has 2 atom stereocenters. The highest BCUT2D eigenvalue weighted by atomic mass is 19.1. The maximum absolute atomic E-state index is 13.3. The van der Waals surface area contributed by atoms with Gasteiger partial charge >= 0.3 is 5.97 Å².